The molecule has 0 radical (unpaired) electrons. The largest absolute Gasteiger partial charge is 0.573 e. The van der Waals surface area contributed by atoms with Crippen molar-refractivity contribution in [2.45, 2.75) is 109 Å². The molecule has 254 valence electrons. The molecule has 4 saturated carbocycles. The van der Waals surface area contributed by atoms with E-state index in [2.05, 4.69) is 53.7 Å². The SMILES string of the molecule is CC[C@H]1[C@@H](O)[C@@H]2[C@H](CC[C@]3(C)C([C@H](C)CCNC(=O)NS(=O)(=O)c4ccc(Br)c(OC(F)(F)F)c4)CC[C@@H]23)[C@@]2(C)CCCC[C@@H]12. The van der Waals surface area contributed by atoms with Gasteiger partial charge in [0.2, 0.25) is 0 Å². The first-order valence-corrected chi connectivity index (χ1v) is 18.8. The Labute approximate surface area is 274 Å². The first-order chi connectivity index (χ1) is 21.0. The number of hydrogen-bond acceptors (Lipinski definition) is 5. The molecule has 2 amide bonds. The van der Waals surface area contributed by atoms with Gasteiger partial charge in [0.15, 0.2) is 0 Å². The fourth-order valence-corrected chi connectivity index (χ4v) is 12.0. The van der Waals surface area contributed by atoms with Crippen LogP contribution < -0.4 is 14.8 Å². The van der Waals surface area contributed by atoms with Crippen molar-refractivity contribution >= 4 is 32.0 Å². The van der Waals surface area contributed by atoms with E-state index >= 15 is 0 Å². The zero-order chi connectivity index (χ0) is 32.9. The van der Waals surface area contributed by atoms with Crippen molar-refractivity contribution in [3.05, 3.63) is 22.7 Å². The molecule has 4 fully saturated rings. The van der Waals surface area contributed by atoms with Crippen LogP contribution in [-0.4, -0.2) is 38.6 Å². The molecule has 5 rings (SSSR count). The van der Waals surface area contributed by atoms with Gasteiger partial charge < -0.3 is 15.2 Å². The molecule has 7 nitrogen and oxygen atoms in total. The summed E-state index contributed by atoms with van der Waals surface area (Å²) in [6.07, 6.45) is 6.04. The number of ether oxygens (including phenoxy) is 1. The third-order valence-corrected chi connectivity index (χ3v) is 14.6. The highest BCUT2D eigenvalue weighted by Crippen LogP contribution is 2.69. The van der Waals surface area contributed by atoms with Gasteiger partial charge in [-0.3, -0.25) is 0 Å². The van der Waals surface area contributed by atoms with Crippen molar-refractivity contribution in [1.29, 1.82) is 0 Å². The molecule has 1 unspecified atom stereocenters. The van der Waals surface area contributed by atoms with Gasteiger partial charge in [-0.25, -0.2) is 17.9 Å². The lowest BCUT2D eigenvalue weighted by Gasteiger charge is -2.64. The number of urea groups is 1. The molecule has 0 aromatic heterocycles. The highest BCUT2D eigenvalue weighted by atomic mass is 79.9. The second-order valence-electron chi connectivity index (χ2n) is 14.7. The smallest absolute Gasteiger partial charge is 0.405 e. The number of nitrogens with one attached hydrogen (secondary N) is 2. The summed E-state index contributed by atoms with van der Waals surface area (Å²) >= 11 is 2.91. The Morgan fingerprint density at radius 2 is 1.80 bits per heavy atom. The van der Waals surface area contributed by atoms with Crippen LogP contribution in [0, 0.1) is 52.3 Å². The maximum absolute atomic E-state index is 12.7. The van der Waals surface area contributed by atoms with E-state index < -0.39 is 33.1 Å². The number of carbonyl (C=O) groups excluding carboxylic acids is 1. The number of halogens is 4. The monoisotopic (exact) mass is 720 g/mol. The molecular weight excluding hydrogens is 673 g/mol. The van der Waals surface area contributed by atoms with Crippen LogP contribution in [0.2, 0.25) is 0 Å². The zero-order valence-corrected chi connectivity index (χ0v) is 29.0. The van der Waals surface area contributed by atoms with E-state index in [1.807, 2.05) is 4.72 Å². The molecule has 4 aliphatic carbocycles. The summed E-state index contributed by atoms with van der Waals surface area (Å²) in [5.74, 6) is 2.37. The summed E-state index contributed by atoms with van der Waals surface area (Å²) in [6.45, 7) is 9.66. The molecule has 0 heterocycles. The van der Waals surface area contributed by atoms with Gasteiger partial charge in [0.05, 0.1) is 15.5 Å². The third kappa shape index (κ3) is 6.62. The van der Waals surface area contributed by atoms with E-state index in [-0.39, 0.29) is 28.5 Å². The third-order valence-electron chi connectivity index (χ3n) is 12.6. The van der Waals surface area contributed by atoms with Gasteiger partial charge in [-0.15, -0.1) is 13.2 Å². The molecule has 45 heavy (non-hydrogen) atoms. The number of alkyl halides is 3. The van der Waals surface area contributed by atoms with Crippen LogP contribution in [-0.2, 0) is 10.0 Å². The molecule has 4 aliphatic rings. The topological polar surface area (TPSA) is 105 Å². The minimum Gasteiger partial charge on any atom is -0.405 e. The van der Waals surface area contributed by atoms with Gasteiger partial charge in [-0.1, -0.05) is 47.0 Å². The number of amides is 2. The van der Waals surface area contributed by atoms with Crippen molar-refractivity contribution in [1.82, 2.24) is 10.0 Å². The number of aliphatic hydroxyl groups excluding tert-OH is 1. The maximum Gasteiger partial charge on any atom is 0.573 e. The second kappa shape index (κ2) is 12.8. The Bertz CT molecular complexity index is 1360. The predicted molar refractivity (Wildman–Crippen MR) is 169 cm³/mol. The van der Waals surface area contributed by atoms with Gasteiger partial charge in [0, 0.05) is 12.6 Å². The molecule has 0 aliphatic heterocycles. The molecule has 3 N–H and O–H groups in total. The number of sulfonamides is 1. The number of benzene rings is 1. The number of aliphatic hydroxyl groups is 1. The van der Waals surface area contributed by atoms with Gasteiger partial charge in [0.1, 0.15) is 5.75 Å². The molecule has 10 atom stereocenters. The fourth-order valence-electron chi connectivity index (χ4n) is 10.7. The van der Waals surface area contributed by atoms with Crippen LogP contribution in [0.3, 0.4) is 0 Å². The molecule has 0 spiro atoms. The summed E-state index contributed by atoms with van der Waals surface area (Å²) in [5, 5.41) is 14.5. The summed E-state index contributed by atoms with van der Waals surface area (Å²) in [6, 6.07) is 1.96. The molecular formula is C33H48BrF3N2O5S. The molecule has 0 bridgehead atoms. The first-order valence-electron chi connectivity index (χ1n) is 16.6. The van der Waals surface area contributed by atoms with Crippen molar-refractivity contribution in [3.8, 4) is 5.75 Å². The van der Waals surface area contributed by atoms with Crippen molar-refractivity contribution in [2.75, 3.05) is 6.54 Å². The average molecular weight is 722 g/mol. The number of hydrogen-bond donors (Lipinski definition) is 3. The highest BCUT2D eigenvalue weighted by Gasteiger charge is 2.64. The van der Waals surface area contributed by atoms with E-state index in [1.165, 1.54) is 25.7 Å². The lowest BCUT2D eigenvalue weighted by atomic mass is 9.41. The fraction of sp³-hybridized carbons (Fsp3) is 0.788. The molecule has 1 aromatic rings. The van der Waals surface area contributed by atoms with E-state index in [9.17, 15) is 31.5 Å². The standard InChI is InChI=1S/C33H48BrF3N2O5S/c1-5-21-23-8-6-7-15-31(23,3)25-13-16-32(4)22(10-11-24(32)28(25)29(21)40)19(2)14-17-38-30(41)39-45(42,43)20-9-12-26(34)27(18-20)44-33(35,36)37/h9,12,18-19,21-25,28-29,40H,5-8,10-11,13-17H2,1-4H3,(H2,38,39,41)/t19-,21-,22?,23+,24+,25+,28+,29-,31+,32-/m1/s1. The highest BCUT2D eigenvalue weighted by molar-refractivity contribution is 9.10. The zero-order valence-electron chi connectivity index (χ0n) is 26.6. The van der Waals surface area contributed by atoms with E-state index in [0.717, 1.165) is 44.2 Å². The summed E-state index contributed by atoms with van der Waals surface area (Å²) in [4.78, 5) is 12.0. The minimum atomic E-state index is -5.01. The molecule has 12 heteroatoms. The lowest BCUT2D eigenvalue weighted by molar-refractivity contribution is -0.275. The Balaban J connectivity index is 1.19. The van der Waals surface area contributed by atoms with Crippen molar-refractivity contribution < 1.29 is 36.2 Å². The second-order valence-corrected chi connectivity index (χ2v) is 17.2. The maximum atomic E-state index is 12.7. The summed E-state index contributed by atoms with van der Waals surface area (Å²) in [5.41, 5.74) is 0.426. The van der Waals surface area contributed by atoms with Gasteiger partial charge >= 0.3 is 12.4 Å². The Morgan fingerprint density at radius 3 is 2.49 bits per heavy atom. The normalized spacial score (nSPS) is 37.1. The quantitative estimate of drug-likeness (QED) is 0.252. The Hall–Kier alpha value is -1.53. The van der Waals surface area contributed by atoms with Gasteiger partial charge in [0.25, 0.3) is 10.0 Å². The van der Waals surface area contributed by atoms with Crippen LogP contribution in [0.4, 0.5) is 18.0 Å². The Morgan fingerprint density at radius 1 is 1.09 bits per heavy atom. The summed E-state index contributed by atoms with van der Waals surface area (Å²) < 4.78 is 69.3. The van der Waals surface area contributed by atoms with E-state index in [4.69, 9.17) is 0 Å². The van der Waals surface area contributed by atoms with Crippen LogP contribution in [0.15, 0.2) is 27.6 Å². The number of fused-ring (bicyclic) bond motifs is 5. The molecule has 1 aromatic carbocycles. The van der Waals surface area contributed by atoms with Gasteiger partial charge in [-0.2, -0.15) is 0 Å². The van der Waals surface area contributed by atoms with Crippen LogP contribution in [0.25, 0.3) is 0 Å². The number of rotatable bonds is 8. The van der Waals surface area contributed by atoms with Gasteiger partial charge in [-0.05, 0) is 125 Å². The number of carbonyl (C=O) groups is 1. The predicted octanol–water partition coefficient (Wildman–Crippen LogP) is 8.02. The van der Waals surface area contributed by atoms with E-state index in [1.54, 1.807) is 0 Å². The van der Waals surface area contributed by atoms with Crippen LogP contribution in [0.1, 0.15) is 91.9 Å². The lowest BCUT2D eigenvalue weighted by Crippen LogP contribution is -2.61. The molecule has 0 saturated heterocycles. The van der Waals surface area contributed by atoms with Crippen LogP contribution in [0.5, 0.6) is 5.75 Å². The minimum absolute atomic E-state index is 0.0795. The average Bonchev–Trinajstić information content (AvgIpc) is 3.30. The first kappa shape index (κ1) is 34.8. The van der Waals surface area contributed by atoms with Crippen molar-refractivity contribution in [2.24, 2.45) is 52.3 Å². The van der Waals surface area contributed by atoms with Crippen molar-refractivity contribution in [3.63, 3.8) is 0 Å². The van der Waals surface area contributed by atoms with Crippen LogP contribution >= 0.6 is 15.9 Å². The van der Waals surface area contributed by atoms with E-state index in [0.29, 0.717) is 53.4 Å². The summed E-state index contributed by atoms with van der Waals surface area (Å²) in [7, 11) is -4.44. The Kier molecular flexibility index (Phi) is 9.92.